The highest BCUT2D eigenvalue weighted by Gasteiger charge is 2.26. The third-order valence-electron chi connectivity index (χ3n) is 5.26. The van der Waals surface area contributed by atoms with Crippen LogP contribution in [0.3, 0.4) is 0 Å². The summed E-state index contributed by atoms with van der Waals surface area (Å²) in [5.74, 6) is -0.476. The zero-order valence-corrected chi connectivity index (χ0v) is 17.1. The molecule has 6 N–H and O–H groups in total. The first-order valence-electron chi connectivity index (χ1n) is 9.67. The second kappa shape index (κ2) is 8.01. The second-order valence-electron chi connectivity index (χ2n) is 7.22. The molecule has 0 fully saturated rings. The van der Waals surface area contributed by atoms with Crippen LogP contribution in [0.5, 0.6) is 0 Å². The molecular weight excluding hydrogens is 394 g/mol. The summed E-state index contributed by atoms with van der Waals surface area (Å²) in [7, 11) is 0. The van der Waals surface area contributed by atoms with Crippen LogP contribution in [0.15, 0.2) is 63.9 Å². The molecule has 2 aliphatic rings. The smallest absolute Gasteiger partial charge is 0.252 e. The summed E-state index contributed by atoms with van der Waals surface area (Å²) in [6.45, 7) is 0. The average molecular weight is 416 g/mol. The van der Waals surface area contributed by atoms with E-state index in [0.29, 0.717) is 21.8 Å². The van der Waals surface area contributed by atoms with Crippen molar-refractivity contribution in [3.05, 3.63) is 80.5 Å². The Morgan fingerprint density at radius 1 is 1.17 bits per heavy atom. The van der Waals surface area contributed by atoms with Gasteiger partial charge in [0.15, 0.2) is 0 Å². The molecule has 0 atom stereocenters. The van der Waals surface area contributed by atoms with E-state index in [1.54, 1.807) is 6.08 Å². The number of benzene rings is 1. The van der Waals surface area contributed by atoms with Gasteiger partial charge in [0.25, 0.3) is 5.91 Å². The fraction of sp³-hybridized carbons (Fsp3) is 0.174. The topological polar surface area (TPSA) is 131 Å². The molecule has 2 aromatic rings. The molecule has 0 bridgehead atoms. The predicted octanol–water partition coefficient (Wildman–Crippen LogP) is 3.47. The molecule has 30 heavy (non-hydrogen) atoms. The van der Waals surface area contributed by atoms with Crippen LogP contribution < -0.4 is 17.2 Å². The molecule has 150 valence electrons. The normalized spacial score (nSPS) is 18.8. The molecule has 6 nitrogen and oxygen atoms in total. The summed E-state index contributed by atoms with van der Waals surface area (Å²) in [6.07, 6.45) is 7.39. The van der Waals surface area contributed by atoms with Gasteiger partial charge in [-0.15, -0.1) is 11.3 Å². The number of nitrogens with two attached hydrogens (primary N) is 3. The number of nitriles is 1. The number of carbonyl (C=O) groups is 1. The number of hydrogen-bond donors (Lipinski definition) is 3. The second-order valence-corrected chi connectivity index (χ2v) is 8.30. The maximum atomic E-state index is 12.2. The minimum absolute atomic E-state index is 0.219. The molecule has 0 saturated heterocycles. The lowest BCUT2D eigenvalue weighted by molar-refractivity contribution is 0.100. The summed E-state index contributed by atoms with van der Waals surface area (Å²) < 4.78 is 0. The fourth-order valence-corrected chi connectivity index (χ4v) is 5.08. The van der Waals surface area contributed by atoms with Crippen molar-refractivity contribution in [2.75, 3.05) is 0 Å². The van der Waals surface area contributed by atoms with Gasteiger partial charge < -0.3 is 17.2 Å². The number of allylic oxidation sites excluding steroid dienone is 3. The zero-order chi connectivity index (χ0) is 21.3. The van der Waals surface area contributed by atoms with Crippen LogP contribution in [-0.2, 0) is 12.8 Å². The van der Waals surface area contributed by atoms with Crippen molar-refractivity contribution in [1.82, 2.24) is 0 Å². The van der Waals surface area contributed by atoms with E-state index >= 15 is 0 Å². The maximum absolute atomic E-state index is 12.2. The lowest BCUT2D eigenvalue weighted by atomic mass is 9.92. The van der Waals surface area contributed by atoms with Crippen molar-refractivity contribution in [2.24, 2.45) is 22.2 Å². The van der Waals surface area contributed by atoms with Crippen molar-refractivity contribution in [1.29, 1.82) is 5.26 Å². The van der Waals surface area contributed by atoms with Crippen molar-refractivity contribution < 1.29 is 4.79 Å². The van der Waals surface area contributed by atoms with Gasteiger partial charge in [-0.2, -0.15) is 5.26 Å². The Labute approximate surface area is 178 Å². The van der Waals surface area contributed by atoms with E-state index in [1.165, 1.54) is 11.3 Å². The molecule has 0 unspecified atom stereocenters. The summed E-state index contributed by atoms with van der Waals surface area (Å²) in [6, 6.07) is 11.7. The number of amides is 1. The van der Waals surface area contributed by atoms with E-state index in [0.717, 1.165) is 41.7 Å². The van der Waals surface area contributed by atoms with Gasteiger partial charge in [0.05, 0.1) is 28.2 Å². The van der Waals surface area contributed by atoms with Gasteiger partial charge >= 0.3 is 0 Å². The van der Waals surface area contributed by atoms with Gasteiger partial charge in [0.2, 0.25) is 0 Å². The zero-order valence-electron chi connectivity index (χ0n) is 16.3. The van der Waals surface area contributed by atoms with Crippen LogP contribution in [-0.4, -0.2) is 11.6 Å². The molecule has 1 amide bonds. The van der Waals surface area contributed by atoms with Gasteiger partial charge in [-0.05, 0) is 49.0 Å². The molecule has 1 aromatic carbocycles. The lowest BCUT2D eigenvalue weighted by Crippen LogP contribution is -2.21. The molecule has 0 radical (unpaired) electrons. The van der Waals surface area contributed by atoms with Crippen LogP contribution in [0.2, 0.25) is 0 Å². The summed E-state index contributed by atoms with van der Waals surface area (Å²) >= 11 is 1.49. The number of thiophene rings is 1. The number of aryl methyl sites for hydroxylation is 1. The van der Waals surface area contributed by atoms with E-state index in [-0.39, 0.29) is 17.0 Å². The Morgan fingerprint density at radius 2 is 1.90 bits per heavy atom. The first-order chi connectivity index (χ1) is 14.5. The van der Waals surface area contributed by atoms with E-state index < -0.39 is 5.91 Å². The minimum Gasteiger partial charge on any atom is -0.398 e. The highest BCUT2D eigenvalue weighted by atomic mass is 32.1. The molecule has 7 heteroatoms. The first-order valence-corrected chi connectivity index (χ1v) is 10.5. The predicted molar refractivity (Wildman–Crippen MR) is 120 cm³/mol. The van der Waals surface area contributed by atoms with Crippen molar-refractivity contribution in [3.8, 4) is 6.07 Å². The van der Waals surface area contributed by atoms with Crippen LogP contribution >= 0.6 is 11.3 Å². The number of fused-ring (bicyclic) bond motifs is 1. The minimum atomic E-state index is -0.476. The average Bonchev–Trinajstić information content (AvgIpc) is 3.10. The number of hydrogen-bond acceptors (Lipinski definition) is 6. The highest BCUT2D eigenvalue weighted by Crippen LogP contribution is 2.40. The molecule has 0 spiro atoms. The van der Waals surface area contributed by atoms with E-state index in [2.05, 4.69) is 6.07 Å². The van der Waals surface area contributed by atoms with Gasteiger partial charge in [-0.25, -0.2) is 4.99 Å². The monoisotopic (exact) mass is 415 g/mol. The number of aliphatic imine (C=N–C) groups is 1. The Hall–Kier alpha value is -3.63. The summed E-state index contributed by atoms with van der Waals surface area (Å²) in [5.41, 5.74) is 22.4. The molecule has 4 rings (SSSR count). The number of primary amides is 1. The summed E-state index contributed by atoms with van der Waals surface area (Å²) in [5, 5.41) is 10.1. The van der Waals surface area contributed by atoms with E-state index in [9.17, 15) is 10.1 Å². The van der Waals surface area contributed by atoms with Crippen LogP contribution in [0.1, 0.15) is 39.2 Å². The summed E-state index contributed by atoms with van der Waals surface area (Å²) in [4.78, 5) is 18.2. The molecule has 1 aromatic heterocycles. The molecule has 2 aliphatic carbocycles. The van der Waals surface area contributed by atoms with E-state index in [1.807, 2.05) is 36.4 Å². The first kappa shape index (κ1) is 19.7. The largest absolute Gasteiger partial charge is 0.398 e. The van der Waals surface area contributed by atoms with Crippen LogP contribution in [0, 0.1) is 11.3 Å². The number of nitrogens with zero attached hydrogens (tertiary/aromatic N) is 2. The lowest BCUT2D eigenvalue weighted by Gasteiger charge is -2.17. The third kappa shape index (κ3) is 3.53. The molecule has 0 aliphatic heterocycles. The molecule has 0 saturated carbocycles. The van der Waals surface area contributed by atoms with Gasteiger partial charge in [0.1, 0.15) is 11.1 Å². The number of carbonyl (C=O) groups excluding carboxylic acids is 1. The maximum Gasteiger partial charge on any atom is 0.252 e. The van der Waals surface area contributed by atoms with Crippen molar-refractivity contribution in [2.45, 2.75) is 25.7 Å². The molecular formula is C23H21N5OS. The van der Waals surface area contributed by atoms with E-state index in [4.69, 9.17) is 22.2 Å². The van der Waals surface area contributed by atoms with Crippen LogP contribution in [0.25, 0.3) is 6.08 Å². The van der Waals surface area contributed by atoms with Gasteiger partial charge in [-0.3, -0.25) is 4.79 Å². The third-order valence-corrected chi connectivity index (χ3v) is 6.45. The fourth-order valence-electron chi connectivity index (χ4n) is 3.80. The van der Waals surface area contributed by atoms with Gasteiger partial charge in [-0.1, -0.05) is 30.3 Å². The quantitative estimate of drug-likeness (QED) is 0.708. The Balaban J connectivity index is 1.91. The Bertz CT molecular complexity index is 1190. The Kier molecular flexibility index (Phi) is 5.25. The molecule has 1 heterocycles. The Morgan fingerprint density at radius 3 is 2.60 bits per heavy atom. The number of rotatable bonds is 3. The van der Waals surface area contributed by atoms with Gasteiger partial charge in [0, 0.05) is 10.5 Å². The van der Waals surface area contributed by atoms with Crippen molar-refractivity contribution >= 4 is 34.0 Å². The SMILES string of the molecule is N#CC1=C(N)C(=C\c2ccccc2)/C(=N/c2sc3c(c2C(N)=O)CCCC3)C=C1N. The van der Waals surface area contributed by atoms with Crippen LogP contribution in [0.4, 0.5) is 5.00 Å². The standard InChI is InChI=1S/C23H21N5OS/c24-12-16-17(25)11-18(15(21(16)26)10-13-6-2-1-3-7-13)28-23-20(22(27)29)14-8-4-5-9-19(14)30-23/h1-3,6-7,10-11H,4-5,8-9,25-26H2,(H2,27,29)/b15-10-,28-18+. The highest BCUT2D eigenvalue weighted by molar-refractivity contribution is 7.16. The van der Waals surface area contributed by atoms with Crippen molar-refractivity contribution in [3.63, 3.8) is 0 Å².